The van der Waals surface area contributed by atoms with Gasteiger partial charge in [0.25, 0.3) is 0 Å². The Kier molecular flexibility index (Phi) is 5.03. The predicted molar refractivity (Wildman–Crippen MR) is 113 cm³/mol. The second-order valence-corrected chi connectivity index (χ2v) is 7.79. The molecule has 6 nitrogen and oxygen atoms in total. The van der Waals surface area contributed by atoms with E-state index in [9.17, 15) is 0 Å². The number of benzene rings is 1. The summed E-state index contributed by atoms with van der Waals surface area (Å²) in [6.07, 6.45) is 4.11. The smallest absolute Gasteiger partial charge is 0.194 e. The first-order valence-corrected chi connectivity index (χ1v) is 10.2. The number of hydrogen-bond donors (Lipinski definition) is 1. The second kappa shape index (κ2) is 7.60. The average molecular weight is 383 g/mol. The molecule has 0 aliphatic carbocycles. The molecule has 0 radical (unpaired) electrons. The van der Waals surface area contributed by atoms with Gasteiger partial charge in [0, 0.05) is 56.7 Å². The van der Waals surface area contributed by atoms with E-state index in [0.29, 0.717) is 6.54 Å². The number of aliphatic imine (C=N–C) groups is 1. The summed E-state index contributed by atoms with van der Waals surface area (Å²) in [6.45, 7) is 9.03. The van der Waals surface area contributed by atoms with Crippen LogP contribution in [0.25, 0.3) is 4.96 Å². The standard InChI is InChI=1S/C20H26N6S/c1-15-5-4-6-18(16(15)2)24-7-9-25(10-8-24)19(21-3)22-13-17-14-26-11-12-27-20(26)23-17/h4-6,11-12,14H,7-10,13H2,1-3H3,(H,21,22). The molecule has 0 amide bonds. The third-order valence-corrected chi connectivity index (χ3v) is 6.05. The number of nitrogens with zero attached hydrogens (tertiary/aromatic N) is 5. The number of thiazole rings is 1. The summed E-state index contributed by atoms with van der Waals surface area (Å²) in [6, 6.07) is 6.57. The number of aromatic nitrogens is 2. The molecule has 3 aromatic rings. The van der Waals surface area contributed by atoms with E-state index < -0.39 is 0 Å². The molecule has 0 bridgehead atoms. The number of fused-ring (bicyclic) bond motifs is 1. The largest absolute Gasteiger partial charge is 0.368 e. The number of rotatable bonds is 3. The average Bonchev–Trinajstić information content (AvgIpc) is 3.27. The lowest BCUT2D eigenvalue weighted by atomic mass is 10.1. The highest BCUT2D eigenvalue weighted by Gasteiger charge is 2.21. The summed E-state index contributed by atoms with van der Waals surface area (Å²) < 4.78 is 2.06. The summed E-state index contributed by atoms with van der Waals surface area (Å²) in [5.41, 5.74) is 5.13. The molecule has 3 heterocycles. The quantitative estimate of drug-likeness (QED) is 0.559. The van der Waals surface area contributed by atoms with Gasteiger partial charge in [-0.05, 0) is 31.0 Å². The summed E-state index contributed by atoms with van der Waals surface area (Å²) in [7, 11) is 1.85. The lowest BCUT2D eigenvalue weighted by Gasteiger charge is -2.38. The fourth-order valence-corrected chi connectivity index (χ4v) is 4.32. The first-order chi connectivity index (χ1) is 13.2. The van der Waals surface area contributed by atoms with Crippen LogP contribution < -0.4 is 10.2 Å². The molecule has 142 valence electrons. The molecule has 0 unspecified atom stereocenters. The van der Waals surface area contributed by atoms with Crippen molar-refractivity contribution in [3.63, 3.8) is 0 Å². The Hall–Kier alpha value is -2.54. The van der Waals surface area contributed by atoms with Gasteiger partial charge in [0.05, 0.1) is 12.2 Å². The van der Waals surface area contributed by atoms with Crippen LogP contribution in [-0.4, -0.2) is 53.5 Å². The van der Waals surface area contributed by atoms with Gasteiger partial charge >= 0.3 is 0 Å². The normalized spacial score (nSPS) is 15.6. The molecule has 1 aliphatic rings. The summed E-state index contributed by atoms with van der Waals surface area (Å²) >= 11 is 1.65. The molecule has 7 heteroatoms. The van der Waals surface area contributed by atoms with Crippen LogP contribution in [0.2, 0.25) is 0 Å². The van der Waals surface area contributed by atoms with Crippen LogP contribution in [0.3, 0.4) is 0 Å². The van der Waals surface area contributed by atoms with Gasteiger partial charge in [-0.25, -0.2) is 4.98 Å². The van der Waals surface area contributed by atoms with Crippen molar-refractivity contribution in [2.75, 3.05) is 38.1 Å². The fraction of sp³-hybridized carbons (Fsp3) is 0.400. The van der Waals surface area contributed by atoms with Crippen molar-refractivity contribution in [1.82, 2.24) is 19.6 Å². The number of nitrogens with one attached hydrogen (secondary N) is 1. The van der Waals surface area contributed by atoms with Crippen LogP contribution in [0.1, 0.15) is 16.8 Å². The molecule has 2 aromatic heterocycles. The van der Waals surface area contributed by atoms with Crippen LogP contribution in [0.5, 0.6) is 0 Å². The van der Waals surface area contributed by atoms with Gasteiger partial charge in [0.1, 0.15) is 0 Å². The molecule has 0 atom stereocenters. The zero-order chi connectivity index (χ0) is 18.8. The number of aryl methyl sites for hydroxylation is 1. The van der Waals surface area contributed by atoms with E-state index in [-0.39, 0.29) is 0 Å². The molecular formula is C20H26N6S. The third kappa shape index (κ3) is 3.64. The SMILES string of the molecule is CN=C(NCc1cn2ccsc2n1)N1CCN(c2cccc(C)c2C)CC1. The minimum atomic E-state index is 0.693. The summed E-state index contributed by atoms with van der Waals surface area (Å²) in [5.74, 6) is 0.951. The Balaban J connectivity index is 1.36. The predicted octanol–water partition coefficient (Wildman–Crippen LogP) is 2.91. The lowest BCUT2D eigenvalue weighted by molar-refractivity contribution is 0.372. The molecule has 27 heavy (non-hydrogen) atoms. The highest BCUT2D eigenvalue weighted by Crippen LogP contribution is 2.23. The van der Waals surface area contributed by atoms with E-state index in [1.54, 1.807) is 11.3 Å². The van der Waals surface area contributed by atoms with Gasteiger partial charge in [-0.3, -0.25) is 9.39 Å². The topological polar surface area (TPSA) is 48.2 Å². The lowest BCUT2D eigenvalue weighted by Crippen LogP contribution is -2.52. The Morgan fingerprint density at radius 2 is 2.04 bits per heavy atom. The van der Waals surface area contributed by atoms with Gasteiger partial charge in [-0.2, -0.15) is 0 Å². The first kappa shape index (κ1) is 17.9. The van der Waals surface area contributed by atoms with Crippen molar-refractivity contribution >= 4 is 27.9 Å². The summed E-state index contributed by atoms with van der Waals surface area (Å²) in [4.78, 5) is 15.0. The molecule has 0 spiro atoms. The maximum absolute atomic E-state index is 4.63. The van der Waals surface area contributed by atoms with Crippen LogP contribution in [0, 0.1) is 13.8 Å². The molecule has 1 N–H and O–H groups in total. The van der Waals surface area contributed by atoms with E-state index in [0.717, 1.165) is 42.8 Å². The Bertz CT molecular complexity index is 920. The molecule has 1 aliphatic heterocycles. The Labute approximate surface area is 164 Å². The molecule has 1 fully saturated rings. The van der Waals surface area contributed by atoms with E-state index in [2.05, 4.69) is 67.7 Å². The monoisotopic (exact) mass is 382 g/mol. The van der Waals surface area contributed by atoms with Crippen molar-refractivity contribution < 1.29 is 0 Å². The van der Waals surface area contributed by atoms with Crippen LogP contribution in [0.15, 0.2) is 41.0 Å². The third-order valence-electron chi connectivity index (χ3n) is 5.28. The second-order valence-electron chi connectivity index (χ2n) is 6.92. The minimum absolute atomic E-state index is 0.693. The number of imidazole rings is 1. The Morgan fingerprint density at radius 3 is 2.78 bits per heavy atom. The van der Waals surface area contributed by atoms with Crippen LogP contribution in [-0.2, 0) is 6.54 Å². The van der Waals surface area contributed by atoms with Gasteiger partial charge in [0.15, 0.2) is 10.9 Å². The van der Waals surface area contributed by atoms with Crippen LogP contribution in [0.4, 0.5) is 5.69 Å². The van der Waals surface area contributed by atoms with Gasteiger partial charge < -0.3 is 15.1 Å². The van der Waals surface area contributed by atoms with Gasteiger partial charge in [0.2, 0.25) is 0 Å². The maximum Gasteiger partial charge on any atom is 0.194 e. The molecule has 1 aromatic carbocycles. The minimum Gasteiger partial charge on any atom is -0.368 e. The molecule has 1 saturated heterocycles. The summed E-state index contributed by atoms with van der Waals surface area (Å²) in [5, 5.41) is 5.52. The van der Waals surface area contributed by atoms with E-state index in [4.69, 9.17) is 0 Å². The highest BCUT2D eigenvalue weighted by molar-refractivity contribution is 7.15. The number of guanidine groups is 1. The van der Waals surface area contributed by atoms with Crippen LogP contribution >= 0.6 is 11.3 Å². The van der Waals surface area contributed by atoms with E-state index >= 15 is 0 Å². The first-order valence-electron chi connectivity index (χ1n) is 9.33. The van der Waals surface area contributed by atoms with E-state index in [1.807, 2.05) is 18.6 Å². The molecule has 0 saturated carbocycles. The van der Waals surface area contributed by atoms with Crippen molar-refractivity contribution in [2.45, 2.75) is 20.4 Å². The van der Waals surface area contributed by atoms with Crippen molar-refractivity contribution in [3.8, 4) is 0 Å². The molecular weight excluding hydrogens is 356 g/mol. The number of piperazine rings is 1. The zero-order valence-electron chi connectivity index (χ0n) is 16.1. The fourth-order valence-electron chi connectivity index (χ4n) is 3.60. The van der Waals surface area contributed by atoms with E-state index in [1.165, 1.54) is 16.8 Å². The maximum atomic E-state index is 4.63. The number of anilines is 1. The van der Waals surface area contributed by atoms with Crippen molar-refractivity contribution in [1.29, 1.82) is 0 Å². The van der Waals surface area contributed by atoms with Crippen molar-refractivity contribution in [2.24, 2.45) is 4.99 Å². The molecule has 4 rings (SSSR count). The zero-order valence-corrected chi connectivity index (χ0v) is 17.0. The highest BCUT2D eigenvalue weighted by atomic mass is 32.1. The number of hydrogen-bond acceptors (Lipinski definition) is 4. The van der Waals surface area contributed by atoms with Gasteiger partial charge in [-0.1, -0.05) is 12.1 Å². The van der Waals surface area contributed by atoms with Crippen molar-refractivity contribution in [3.05, 3.63) is 52.8 Å². The Morgan fingerprint density at radius 1 is 1.22 bits per heavy atom. The van der Waals surface area contributed by atoms with Gasteiger partial charge in [-0.15, -0.1) is 11.3 Å².